The van der Waals surface area contributed by atoms with E-state index in [0.717, 1.165) is 29.9 Å². The topological polar surface area (TPSA) is 59.8 Å². The van der Waals surface area contributed by atoms with Crippen LogP contribution < -0.4 is 4.74 Å². The minimum Gasteiger partial charge on any atom is -0.435 e. The van der Waals surface area contributed by atoms with Gasteiger partial charge < -0.3 is 14.6 Å². The Morgan fingerprint density at radius 1 is 1.15 bits per heavy atom. The lowest BCUT2D eigenvalue weighted by molar-refractivity contribution is 0.0244. The van der Waals surface area contributed by atoms with E-state index in [9.17, 15) is 9.50 Å². The van der Waals surface area contributed by atoms with Crippen molar-refractivity contribution >= 4 is 0 Å². The van der Waals surface area contributed by atoms with E-state index in [1.807, 2.05) is 37.3 Å². The molecule has 6 nitrogen and oxygen atoms in total. The van der Waals surface area contributed by atoms with Crippen LogP contribution >= 0.6 is 0 Å². The second-order valence-corrected chi connectivity index (χ2v) is 8.08. The van der Waals surface area contributed by atoms with E-state index < -0.39 is 11.9 Å². The van der Waals surface area contributed by atoms with Gasteiger partial charge in [0.25, 0.3) is 0 Å². The zero-order valence-electron chi connectivity index (χ0n) is 20.0. The average Bonchev–Trinajstić information content (AvgIpc) is 3.18. The Kier molecular flexibility index (Phi) is 9.82. The Labute approximate surface area is 201 Å². The van der Waals surface area contributed by atoms with Gasteiger partial charge in [-0.1, -0.05) is 50.3 Å². The summed E-state index contributed by atoms with van der Waals surface area (Å²) in [5.74, 6) is 0.183. The molecule has 2 aromatic carbocycles. The van der Waals surface area contributed by atoms with Crippen LogP contribution in [0.4, 0.5) is 4.39 Å². The molecule has 1 aromatic heterocycles. The molecular weight excluding hydrogens is 433 g/mol. The molecule has 0 aliphatic rings. The fourth-order valence-electron chi connectivity index (χ4n) is 3.81. The predicted octanol–water partition coefficient (Wildman–Crippen LogP) is 5.14. The average molecular weight is 468 g/mol. The lowest BCUT2D eigenvalue weighted by atomic mass is 10.1. The first kappa shape index (κ1) is 25.6. The highest BCUT2D eigenvalue weighted by Crippen LogP contribution is 2.33. The molecule has 7 heteroatoms. The van der Waals surface area contributed by atoms with Gasteiger partial charge in [-0.15, -0.1) is 6.58 Å². The van der Waals surface area contributed by atoms with E-state index in [0.29, 0.717) is 32.0 Å². The van der Waals surface area contributed by atoms with Crippen molar-refractivity contribution in [1.82, 2.24) is 14.7 Å². The Balaban J connectivity index is 1.97. The Hall–Kier alpha value is -3.00. The first-order valence-corrected chi connectivity index (χ1v) is 11.7. The smallest absolute Gasteiger partial charge is 0.227 e. The van der Waals surface area contributed by atoms with Gasteiger partial charge in [-0.2, -0.15) is 5.10 Å². The van der Waals surface area contributed by atoms with Crippen LogP contribution in [-0.4, -0.2) is 52.2 Å². The molecule has 0 radical (unpaired) electrons. The number of aromatic nitrogens is 2. The van der Waals surface area contributed by atoms with Crippen molar-refractivity contribution in [1.29, 1.82) is 0 Å². The van der Waals surface area contributed by atoms with Crippen LogP contribution in [0.3, 0.4) is 0 Å². The summed E-state index contributed by atoms with van der Waals surface area (Å²) in [5, 5.41) is 15.3. The lowest BCUT2D eigenvalue weighted by Crippen LogP contribution is -2.35. The summed E-state index contributed by atoms with van der Waals surface area (Å²) in [5.41, 5.74) is 2.57. The molecule has 1 N–H and O–H groups in total. The molecular formula is C27H34FN3O3. The summed E-state index contributed by atoms with van der Waals surface area (Å²) in [4.78, 5) is 2.15. The fourth-order valence-corrected chi connectivity index (χ4v) is 3.81. The molecule has 3 aromatic rings. The molecule has 0 aliphatic carbocycles. The highest BCUT2D eigenvalue weighted by Gasteiger charge is 2.24. The van der Waals surface area contributed by atoms with Crippen LogP contribution in [0.5, 0.6) is 11.6 Å². The summed E-state index contributed by atoms with van der Waals surface area (Å²) in [6, 6.07) is 16.0. The van der Waals surface area contributed by atoms with Crippen molar-refractivity contribution in [3.05, 3.63) is 84.3 Å². The number of rotatable bonds is 14. The minimum atomic E-state index is -0.642. The second kappa shape index (κ2) is 13.0. The second-order valence-electron chi connectivity index (χ2n) is 8.08. The summed E-state index contributed by atoms with van der Waals surface area (Å²) < 4.78 is 27.8. The number of aliphatic hydroxyl groups excluding tert-OH is 1. The zero-order chi connectivity index (χ0) is 24.3. The minimum absolute atomic E-state index is 0.142. The van der Waals surface area contributed by atoms with Crippen LogP contribution in [0.1, 0.15) is 31.5 Å². The predicted molar refractivity (Wildman–Crippen MR) is 132 cm³/mol. The van der Waals surface area contributed by atoms with Crippen molar-refractivity contribution < 1.29 is 19.0 Å². The molecule has 0 bridgehead atoms. The number of ether oxygens (including phenoxy) is 2. The van der Waals surface area contributed by atoms with E-state index in [-0.39, 0.29) is 12.4 Å². The van der Waals surface area contributed by atoms with Crippen LogP contribution in [0, 0.1) is 5.82 Å². The van der Waals surface area contributed by atoms with Gasteiger partial charge in [0.15, 0.2) is 11.6 Å². The standard InChI is InChI=1S/C27H34FN3O3/c1-4-16-30(18-22(32)20-33-17-5-2)19-23-25(6-3)29-31(21-12-8-7-9-13-21)27(23)34-26-15-11-10-14-24(26)28/h5,7-15,22,32H,2,4,6,16-20H2,1,3H3/t22-/m0/s1. The number of benzene rings is 2. The number of para-hydroxylation sites is 2. The summed E-state index contributed by atoms with van der Waals surface area (Å²) in [7, 11) is 0. The van der Waals surface area contributed by atoms with Crippen molar-refractivity contribution in [3.63, 3.8) is 0 Å². The van der Waals surface area contributed by atoms with E-state index in [1.54, 1.807) is 29.0 Å². The highest BCUT2D eigenvalue weighted by atomic mass is 19.1. The molecule has 182 valence electrons. The van der Waals surface area contributed by atoms with Gasteiger partial charge in [0.2, 0.25) is 5.88 Å². The van der Waals surface area contributed by atoms with E-state index in [1.165, 1.54) is 6.07 Å². The molecule has 34 heavy (non-hydrogen) atoms. The van der Waals surface area contributed by atoms with Gasteiger partial charge in [-0.3, -0.25) is 4.90 Å². The summed E-state index contributed by atoms with van der Waals surface area (Å²) in [6.07, 6.45) is 2.62. The monoisotopic (exact) mass is 467 g/mol. The first-order chi connectivity index (χ1) is 16.6. The molecule has 0 amide bonds. The van der Waals surface area contributed by atoms with Crippen molar-refractivity contribution in [2.45, 2.75) is 39.3 Å². The molecule has 0 fully saturated rings. The number of aliphatic hydroxyl groups is 1. The van der Waals surface area contributed by atoms with Crippen LogP contribution in [0.25, 0.3) is 5.69 Å². The summed E-state index contributed by atoms with van der Waals surface area (Å²) in [6.45, 7) is 10.1. The van der Waals surface area contributed by atoms with E-state index >= 15 is 0 Å². The van der Waals surface area contributed by atoms with Crippen LogP contribution in [-0.2, 0) is 17.7 Å². The number of halogens is 1. The Morgan fingerprint density at radius 2 is 1.88 bits per heavy atom. The molecule has 0 saturated carbocycles. The number of aryl methyl sites for hydroxylation is 1. The SMILES string of the molecule is C=CCOC[C@@H](O)CN(CCC)Cc1c(CC)nn(-c2ccccc2)c1Oc1ccccc1F. The summed E-state index contributed by atoms with van der Waals surface area (Å²) >= 11 is 0. The molecule has 1 heterocycles. The number of hydrogen-bond acceptors (Lipinski definition) is 5. The molecule has 0 aliphatic heterocycles. The van der Waals surface area contributed by atoms with Gasteiger partial charge in [-0.25, -0.2) is 9.07 Å². The largest absolute Gasteiger partial charge is 0.435 e. The number of hydrogen-bond donors (Lipinski definition) is 1. The molecule has 0 saturated heterocycles. The van der Waals surface area contributed by atoms with Gasteiger partial charge in [0.1, 0.15) is 0 Å². The quantitative estimate of drug-likeness (QED) is 0.263. The van der Waals surface area contributed by atoms with Gasteiger partial charge in [0.05, 0.1) is 36.3 Å². The maximum absolute atomic E-state index is 14.5. The Morgan fingerprint density at radius 3 is 2.56 bits per heavy atom. The third-order valence-corrected chi connectivity index (χ3v) is 5.33. The Bertz CT molecular complexity index is 1040. The first-order valence-electron chi connectivity index (χ1n) is 11.7. The third kappa shape index (κ3) is 6.76. The maximum atomic E-state index is 14.5. The molecule has 3 rings (SSSR count). The van der Waals surface area contributed by atoms with Gasteiger partial charge in [0, 0.05) is 13.1 Å². The number of nitrogens with zero attached hydrogens (tertiary/aromatic N) is 3. The van der Waals surface area contributed by atoms with Crippen molar-refractivity contribution in [2.75, 3.05) is 26.3 Å². The van der Waals surface area contributed by atoms with Gasteiger partial charge in [-0.05, 0) is 43.7 Å². The van der Waals surface area contributed by atoms with Crippen LogP contribution in [0.2, 0.25) is 0 Å². The normalized spacial score (nSPS) is 12.1. The maximum Gasteiger partial charge on any atom is 0.227 e. The molecule has 0 spiro atoms. The van der Waals surface area contributed by atoms with Gasteiger partial charge >= 0.3 is 0 Å². The van der Waals surface area contributed by atoms with E-state index in [4.69, 9.17) is 14.6 Å². The van der Waals surface area contributed by atoms with Crippen molar-refractivity contribution in [2.24, 2.45) is 0 Å². The fraction of sp³-hybridized carbons (Fsp3) is 0.370. The lowest BCUT2D eigenvalue weighted by Gasteiger charge is -2.25. The van der Waals surface area contributed by atoms with Crippen LogP contribution in [0.15, 0.2) is 67.3 Å². The third-order valence-electron chi connectivity index (χ3n) is 5.33. The van der Waals surface area contributed by atoms with E-state index in [2.05, 4.69) is 18.4 Å². The zero-order valence-corrected chi connectivity index (χ0v) is 20.0. The highest BCUT2D eigenvalue weighted by molar-refractivity contribution is 5.44. The molecule has 1 atom stereocenters. The van der Waals surface area contributed by atoms with Crippen molar-refractivity contribution in [3.8, 4) is 17.3 Å². The molecule has 0 unspecified atom stereocenters.